The van der Waals surface area contributed by atoms with Gasteiger partial charge in [0, 0.05) is 0 Å². The fraction of sp³-hybridized carbons (Fsp3) is 0.667. The van der Waals surface area contributed by atoms with Crippen molar-refractivity contribution in [3.63, 3.8) is 0 Å². The Bertz CT molecular complexity index is 511. The van der Waals surface area contributed by atoms with E-state index in [1.165, 1.54) is 43.2 Å². The van der Waals surface area contributed by atoms with Crippen LogP contribution in [-0.4, -0.2) is 18.1 Å². The van der Waals surface area contributed by atoms with Gasteiger partial charge in [-0.1, -0.05) is 50.5 Å². The molecule has 1 aliphatic rings. The zero-order valence-electron chi connectivity index (χ0n) is 14.1. The Hall–Kier alpha value is -0.670. The maximum absolute atomic E-state index is 11.6. The van der Waals surface area contributed by atoms with E-state index in [1.807, 2.05) is 6.92 Å². The molecule has 130 valence electrons. The minimum Gasteiger partial charge on any atom is -0.302 e. The van der Waals surface area contributed by atoms with E-state index in [2.05, 4.69) is 24.3 Å². The van der Waals surface area contributed by atoms with Crippen molar-refractivity contribution in [3.05, 3.63) is 35.4 Å². The van der Waals surface area contributed by atoms with Gasteiger partial charge in [-0.2, -0.15) is 0 Å². The van der Waals surface area contributed by atoms with Crippen LogP contribution in [0.4, 0.5) is 0 Å². The van der Waals surface area contributed by atoms with Crippen LogP contribution in [0.15, 0.2) is 24.3 Å². The number of aryl methyl sites for hydroxylation is 1. The highest BCUT2D eigenvalue weighted by Gasteiger charge is 2.21. The van der Waals surface area contributed by atoms with E-state index in [0.717, 1.165) is 12.8 Å². The zero-order chi connectivity index (χ0) is 16.5. The molecule has 0 aliphatic heterocycles. The van der Waals surface area contributed by atoms with Crippen LogP contribution in [0.1, 0.15) is 68.9 Å². The molecular weight excluding hydrogens is 311 g/mol. The maximum atomic E-state index is 11.6. The highest BCUT2D eigenvalue weighted by Crippen LogP contribution is 2.43. The van der Waals surface area contributed by atoms with E-state index in [0.29, 0.717) is 12.3 Å². The molecule has 0 aromatic heterocycles. The Balaban J connectivity index is 1.82. The van der Waals surface area contributed by atoms with Gasteiger partial charge in [0.25, 0.3) is 0 Å². The molecule has 1 atom stereocenters. The molecule has 4 nitrogen and oxygen atoms in total. The molecule has 1 aromatic carbocycles. The molecule has 1 fully saturated rings. The first-order valence-electron chi connectivity index (χ1n) is 8.82. The summed E-state index contributed by atoms with van der Waals surface area (Å²) in [4.78, 5) is 9.51. The van der Waals surface area contributed by atoms with Crippen LogP contribution < -0.4 is 0 Å². The molecule has 1 unspecified atom stereocenters. The second kappa shape index (κ2) is 9.58. The SMILES string of the molecule is CCCOP(=O)(O)OCCCc1ccccc1C1CCCCC1. The fourth-order valence-electron chi connectivity index (χ4n) is 3.26. The van der Waals surface area contributed by atoms with Gasteiger partial charge in [-0.25, -0.2) is 4.57 Å². The van der Waals surface area contributed by atoms with Crippen LogP contribution >= 0.6 is 7.82 Å². The summed E-state index contributed by atoms with van der Waals surface area (Å²) in [5.74, 6) is 0.678. The van der Waals surface area contributed by atoms with Gasteiger partial charge in [0.15, 0.2) is 0 Å². The summed E-state index contributed by atoms with van der Waals surface area (Å²) in [5.41, 5.74) is 2.81. The van der Waals surface area contributed by atoms with Crippen molar-refractivity contribution < 1.29 is 18.5 Å². The normalized spacial score (nSPS) is 18.7. The lowest BCUT2D eigenvalue weighted by Crippen LogP contribution is -2.08. The Morgan fingerprint density at radius 2 is 1.83 bits per heavy atom. The summed E-state index contributed by atoms with van der Waals surface area (Å²) in [7, 11) is -3.87. The lowest BCUT2D eigenvalue weighted by molar-refractivity contribution is 0.148. The summed E-state index contributed by atoms with van der Waals surface area (Å²) in [6.45, 7) is 2.39. The number of hydrogen-bond acceptors (Lipinski definition) is 3. The Kier molecular flexibility index (Phi) is 7.78. The van der Waals surface area contributed by atoms with Gasteiger partial charge in [-0.05, 0) is 49.1 Å². The number of benzene rings is 1. The third-order valence-corrected chi connectivity index (χ3v) is 5.42. The first-order chi connectivity index (χ1) is 11.1. The van der Waals surface area contributed by atoms with Crippen LogP contribution in [0.2, 0.25) is 0 Å². The summed E-state index contributed by atoms with van der Waals surface area (Å²) in [6.07, 6.45) is 8.87. The molecule has 1 aromatic rings. The number of phosphoric acid groups is 1. The molecule has 0 amide bonds. The van der Waals surface area contributed by atoms with Gasteiger partial charge in [0.1, 0.15) is 0 Å². The molecule has 0 saturated heterocycles. The molecule has 23 heavy (non-hydrogen) atoms. The van der Waals surface area contributed by atoms with Crippen molar-refractivity contribution in [3.8, 4) is 0 Å². The number of hydrogen-bond donors (Lipinski definition) is 1. The van der Waals surface area contributed by atoms with E-state index in [-0.39, 0.29) is 13.2 Å². The van der Waals surface area contributed by atoms with Gasteiger partial charge in [-0.3, -0.25) is 9.05 Å². The summed E-state index contributed by atoms with van der Waals surface area (Å²) < 4.78 is 21.5. The molecule has 0 spiro atoms. The van der Waals surface area contributed by atoms with E-state index in [4.69, 9.17) is 9.05 Å². The van der Waals surface area contributed by atoms with Crippen molar-refractivity contribution >= 4 is 7.82 Å². The predicted molar refractivity (Wildman–Crippen MR) is 92.6 cm³/mol. The predicted octanol–water partition coefficient (Wildman–Crippen LogP) is 5.21. The third kappa shape index (κ3) is 6.39. The van der Waals surface area contributed by atoms with Crippen LogP contribution in [0.3, 0.4) is 0 Å². The Morgan fingerprint density at radius 1 is 1.13 bits per heavy atom. The van der Waals surface area contributed by atoms with E-state index in [9.17, 15) is 9.46 Å². The maximum Gasteiger partial charge on any atom is 0.472 e. The average Bonchev–Trinajstić information content (AvgIpc) is 2.58. The first-order valence-corrected chi connectivity index (χ1v) is 10.3. The van der Waals surface area contributed by atoms with Crippen LogP contribution in [-0.2, 0) is 20.0 Å². The lowest BCUT2D eigenvalue weighted by atomic mass is 9.81. The second-order valence-corrected chi connectivity index (χ2v) is 7.73. The molecule has 2 rings (SSSR count). The minimum absolute atomic E-state index is 0.247. The standard InChI is InChI=1S/C18H29O4P/c1-2-14-21-23(19,20)22-15-8-12-17-11-6-7-13-18(17)16-9-4-3-5-10-16/h6-7,11,13,16H,2-5,8-10,12,14-15H2,1H3,(H,19,20). The minimum atomic E-state index is -3.87. The van der Waals surface area contributed by atoms with Crippen LogP contribution in [0.25, 0.3) is 0 Å². The van der Waals surface area contributed by atoms with Gasteiger partial charge in [0.05, 0.1) is 13.2 Å². The summed E-state index contributed by atoms with van der Waals surface area (Å²) in [6, 6.07) is 8.61. The van der Waals surface area contributed by atoms with Crippen molar-refractivity contribution in [2.24, 2.45) is 0 Å². The molecule has 1 aliphatic carbocycles. The number of phosphoric ester groups is 1. The van der Waals surface area contributed by atoms with E-state index < -0.39 is 7.82 Å². The van der Waals surface area contributed by atoms with Gasteiger partial charge >= 0.3 is 7.82 Å². The summed E-state index contributed by atoms with van der Waals surface area (Å²) in [5, 5.41) is 0. The van der Waals surface area contributed by atoms with E-state index in [1.54, 1.807) is 0 Å². The van der Waals surface area contributed by atoms with Crippen LogP contribution in [0, 0.1) is 0 Å². The average molecular weight is 340 g/mol. The van der Waals surface area contributed by atoms with Gasteiger partial charge < -0.3 is 4.89 Å². The molecule has 0 bridgehead atoms. The first kappa shape index (κ1) is 18.7. The summed E-state index contributed by atoms with van der Waals surface area (Å²) >= 11 is 0. The van der Waals surface area contributed by atoms with Crippen molar-refractivity contribution in [1.82, 2.24) is 0 Å². The van der Waals surface area contributed by atoms with Gasteiger partial charge in [-0.15, -0.1) is 0 Å². The molecule has 0 heterocycles. The molecule has 5 heteroatoms. The molecule has 1 N–H and O–H groups in total. The highest BCUT2D eigenvalue weighted by molar-refractivity contribution is 7.47. The zero-order valence-corrected chi connectivity index (χ0v) is 15.0. The van der Waals surface area contributed by atoms with E-state index >= 15 is 0 Å². The Labute approximate surface area is 139 Å². The number of rotatable bonds is 9. The second-order valence-electron chi connectivity index (χ2n) is 6.27. The van der Waals surface area contributed by atoms with Crippen molar-refractivity contribution in [1.29, 1.82) is 0 Å². The quantitative estimate of drug-likeness (QED) is 0.495. The molecule has 1 saturated carbocycles. The van der Waals surface area contributed by atoms with Crippen molar-refractivity contribution in [2.75, 3.05) is 13.2 Å². The molecular formula is C18H29O4P. The smallest absolute Gasteiger partial charge is 0.302 e. The largest absolute Gasteiger partial charge is 0.472 e. The Morgan fingerprint density at radius 3 is 2.57 bits per heavy atom. The highest BCUT2D eigenvalue weighted by atomic mass is 31.2. The van der Waals surface area contributed by atoms with Crippen LogP contribution in [0.5, 0.6) is 0 Å². The topological polar surface area (TPSA) is 55.8 Å². The monoisotopic (exact) mass is 340 g/mol. The van der Waals surface area contributed by atoms with Crippen molar-refractivity contribution in [2.45, 2.75) is 64.2 Å². The third-order valence-electron chi connectivity index (χ3n) is 4.40. The fourth-order valence-corrected chi connectivity index (χ4v) is 4.11. The lowest BCUT2D eigenvalue weighted by Gasteiger charge is -2.24. The van der Waals surface area contributed by atoms with Gasteiger partial charge in [0.2, 0.25) is 0 Å². The molecule has 0 radical (unpaired) electrons.